The Morgan fingerprint density at radius 2 is 1.71 bits per heavy atom. The fourth-order valence-electron chi connectivity index (χ4n) is 2.75. The van der Waals surface area contributed by atoms with Crippen LogP contribution in [0.1, 0.15) is 23.6 Å². The number of nitrogens with zero attached hydrogens (tertiary/aromatic N) is 1. The van der Waals surface area contributed by atoms with Crippen molar-refractivity contribution in [2.24, 2.45) is 4.99 Å². The van der Waals surface area contributed by atoms with Crippen LogP contribution in [0.4, 0.5) is 4.39 Å². The highest BCUT2D eigenvalue weighted by atomic mass is 127. The number of rotatable bonds is 8. The average molecular weight is 498 g/mol. The number of halogens is 2. The summed E-state index contributed by atoms with van der Waals surface area (Å²) >= 11 is 0. The Kier molecular flexibility index (Phi) is 11.2. The molecule has 152 valence electrons. The SMILES string of the molecule is CCc1ccccc1CNC(=NC)NCCNC(=O)Cc1cccc(F)c1.I. The van der Waals surface area contributed by atoms with Crippen LogP contribution < -0.4 is 16.0 Å². The van der Waals surface area contributed by atoms with Gasteiger partial charge in [0.1, 0.15) is 5.82 Å². The zero-order valence-corrected chi connectivity index (χ0v) is 18.6. The Balaban J connectivity index is 0.00000392. The number of guanidine groups is 1. The number of carbonyl (C=O) groups is 1. The van der Waals surface area contributed by atoms with E-state index in [9.17, 15) is 9.18 Å². The number of aliphatic imine (C=N–C) groups is 1. The number of nitrogens with one attached hydrogen (secondary N) is 3. The second kappa shape index (κ2) is 13.1. The maximum Gasteiger partial charge on any atom is 0.224 e. The van der Waals surface area contributed by atoms with Gasteiger partial charge in [0.2, 0.25) is 5.91 Å². The Labute approximate surface area is 183 Å². The molecule has 0 aliphatic rings. The van der Waals surface area contributed by atoms with Crippen molar-refractivity contribution in [2.75, 3.05) is 20.1 Å². The fourth-order valence-corrected chi connectivity index (χ4v) is 2.75. The lowest BCUT2D eigenvalue weighted by atomic mass is 10.1. The Morgan fingerprint density at radius 1 is 1.00 bits per heavy atom. The maximum atomic E-state index is 13.1. The minimum atomic E-state index is -0.332. The van der Waals surface area contributed by atoms with Gasteiger partial charge in [0.25, 0.3) is 0 Å². The summed E-state index contributed by atoms with van der Waals surface area (Å²) in [5, 5.41) is 9.26. The van der Waals surface area contributed by atoms with Crippen LogP contribution in [-0.4, -0.2) is 32.0 Å². The van der Waals surface area contributed by atoms with Gasteiger partial charge in [-0.15, -0.1) is 24.0 Å². The van der Waals surface area contributed by atoms with Crippen LogP contribution in [0.2, 0.25) is 0 Å². The molecule has 0 aliphatic carbocycles. The molecule has 2 aromatic carbocycles. The summed E-state index contributed by atoms with van der Waals surface area (Å²) in [5.74, 6) is 0.212. The normalized spacial score (nSPS) is 10.8. The molecule has 7 heteroatoms. The first kappa shape index (κ1) is 23.9. The summed E-state index contributed by atoms with van der Waals surface area (Å²) in [6, 6.07) is 14.4. The summed E-state index contributed by atoms with van der Waals surface area (Å²) in [6.45, 7) is 3.83. The molecule has 28 heavy (non-hydrogen) atoms. The van der Waals surface area contributed by atoms with E-state index in [1.54, 1.807) is 19.2 Å². The highest BCUT2D eigenvalue weighted by molar-refractivity contribution is 14.0. The fraction of sp³-hybridized carbons (Fsp3) is 0.333. The molecular weight excluding hydrogens is 470 g/mol. The van der Waals surface area contributed by atoms with E-state index in [0.29, 0.717) is 31.2 Å². The van der Waals surface area contributed by atoms with E-state index in [4.69, 9.17) is 0 Å². The molecule has 0 bridgehead atoms. The monoisotopic (exact) mass is 498 g/mol. The topological polar surface area (TPSA) is 65.5 Å². The van der Waals surface area contributed by atoms with Gasteiger partial charge in [0.15, 0.2) is 5.96 Å². The van der Waals surface area contributed by atoms with Crippen LogP contribution in [0.5, 0.6) is 0 Å². The summed E-state index contributed by atoms with van der Waals surface area (Å²) in [5.41, 5.74) is 3.21. The van der Waals surface area contributed by atoms with E-state index in [1.165, 1.54) is 23.3 Å². The molecule has 0 fully saturated rings. The number of amides is 1. The van der Waals surface area contributed by atoms with E-state index in [0.717, 1.165) is 6.42 Å². The van der Waals surface area contributed by atoms with Gasteiger partial charge >= 0.3 is 0 Å². The van der Waals surface area contributed by atoms with Gasteiger partial charge in [-0.3, -0.25) is 9.79 Å². The van der Waals surface area contributed by atoms with Gasteiger partial charge in [-0.1, -0.05) is 43.3 Å². The lowest BCUT2D eigenvalue weighted by molar-refractivity contribution is -0.120. The van der Waals surface area contributed by atoms with Crippen molar-refractivity contribution in [3.63, 3.8) is 0 Å². The number of hydrogen-bond donors (Lipinski definition) is 3. The molecule has 0 atom stereocenters. The Hall–Kier alpha value is -2.16. The van der Waals surface area contributed by atoms with Crippen molar-refractivity contribution in [3.05, 3.63) is 71.0 Å². The van der Waals surface area contributed by atoms with Crippen molar-refractivity contribution in [2.45, 2.75) is 26.3 Å². The number of aryl methyl sites for hydroxylation is 1. The molecule has 3 N–H and O–H groups in total. The predicted octanol–water partition coefficient (Wildman–Crippen LogP) is 3.03. The second-order valence-corrected chi connectivity index (χ2v) is 6.13. The lowest BCUT2D eigenvalue weighted by Crippen LogP contribution is -2.41. The summed E-state index contributed by atoms with van der Waals surface area (Å²) in [7, 11) is 1.71. The van der Waals surface area contributed by atoms with Crippen molar-refractivity contribution in [3.8, 4) is 0 Å². The molecule has 0 saturated carbocycles. The molecule has 0 radical (unpaired) electrons. The van der Waals surface area contributed by atoms with Gasteiger partial charge < -0.3 is 16.0 Å². The highest BCUT2D eigenvalue weighted by Gasteiger charge is 2.05. The van der Waals surface area contributed by atoms with Crippen LogP contribution in [0.3, 0.4) is 0 Å². The Morgan fingerprint density at radius 3 is 2.39 bits per heavy atom. The van der Waals surface area contributed by atoms with Crippen LogP contribution in [0.25, 0.3) is 0 Å². The number of benzene rings is 2. The number of hydrogen-bond acceptors (Lipinski definition) is 2. The van der Waals surface area contributed by atoms with E-state index >= 15 is 0 Å². The molecule has 0 saturated heterocycles. The molecule has 0 heterocycles. The van der Waals surface area contributed by atoms with Crippen LogP contribution in [-0.2, 0) is 24.2 Å². The minimum Gasteiger partial charge on any atom is -0.355 e. The van der Waals surface area contributed by atoms with Gasteiger partial charge in [-0.05, 0) is 35.2 Å². The molecule has 5 nitrogen and oxygen atoms in total. The molecule has 0 unspecified atom stereocenters. The van der Waals surface area contributed by atoms with E-state index in [2.05, 4.69) is 40.0 Å². The van der Waals surface area contributed by atoms with E-state index in [1.807, 2.05) is 12.1 Å². The maximum absolute atomic E-state index is 13.1. The standard InChI is InChI=1S/C21H27FN4O.HI/c1-3-17-8-4-5-9-18(17)15-26-21(23-2)25-12-11-24-20(27)14-16-7-6-10-19(22)13-16;/h4-10,13H,3,11-12,14-15H2,1-2H3,(H,24,27)(H2,23,25,26);1H. The first-order chi connectivity index (χ1) is 13.1. The minimum absolute atomic E-state index is 0. The predicted molar refractivity (Wildman–Crippen MR) is 123 cm³/mol. The number of carbonyl (C=O) groups excluding carboxylic acids is 1. The average Bonchev–Trinajstić information content (AvgIpc) is 2.67. The van der Waals surface area contributed by atoms with Gasteiger partial charge in [0, 0.05) is 26.7 Å². The van der Waals surface area contributed by atoms with Crippen molar-refractivity contribution in [1.29, 1.82) is 0 Å². The van der Waals surface area contributed by atoms with Crippen LogP contribution in [0, 0.1) is 5.82 Å². The van der Waals surface area contributed by atoms with E-state index in [-0.39, 0.29) is 42.1 Å². The van der Waals surface area contributed by atoms with Crippen LogP contribution >= 0.6 is 24.0 Å². The first-order valence-electron chi connectivity index (χ1n) is 9.14. The van der Waals surface area contributed by atoms with Crippen molar-refractivity contribution >= 4 is 35.8 Å². The van der Waals surface area contributed by atoms with E-state index < -0.39 is 0 Å². The van der Waals surface area contributed by atoms with Crippen molar-refractivity contribution in [1.82, 2.24) is 16.0 Å². The molecule has 0 aliphatic heterocycles. The van der Waals surface area contributed by atoms with Gasteiger partial charge in [0.05, 0.1) is 6.42 Å². The quantitative estimate of drug-likeness (QED) is 0.227. The molecule has 1 amide bonds. The third kappa shape index (κ3) is 8.24. The smallest absolute Gasteiger partial charge is 0.224 e. The summed E-state index contributed by atoms with van der Waals surface area (Å²) in [4.78, 5) is 16.1. The lowest BCUT2D eigenvalue weighted by Gasteiger charge is -2.14. The van der Waals surface area contributed by atoms with Gasteiger partial charge in [-0.25, -0.2) is 4.39 Å². The largest absolute Gasteiger partial charge is 0.355 e. The second-order valence-electron chi connectivity index (χ2n) is 6.13. The van der Waals surface area contributed by atoms with Gasteiger partial charge in [-0.2, -0.15) is 0 Å². The Bertz CT molecular complexity index is 783. The van der Waals surface area contributed by atoms with Crippen LogP contribution in [0.15, 0.2) is 53.5 Å². The highest BCUT2D eigenvalue weighted by Crippen LogP contribution is 2.08. The first-order valence-corrected chi connectivity index (χ1v) is 9.14. The zero-order chi connectivity index (χ0) is 19.5. The van der Waals surface area contributed by atoms with Crippen molar-refractivity contribution < 1.29 is 9.18 Å². The third-order valence-electron chi connectivity index (χ3n) is 4.16. The zero-order valence-electron chi connectivity index (χ0n) is 16.3. The molecule has 2 aromatic rings. The molecule has 0 spiro atoms. The summed E-state index contributed by atoms with van der Waals surface area (Å²) < 4.78 is 13.1. The molecular formula is C21H28FIN4O. The third-order valence-corrected chi connectivity index (χ3v) is 4.16. The molecule has 2 rings (SSSR count). The molecule has 0 aromatic heterocycles. The summed E-state index contributed by atoms with van der Waals surface area (Å²) in [6.07, 6.45) is 1.15.